The molecule has 0 bridgehead atoms. The molecule has 1 rings (SSSR count). The summed E-state index contributed by atoms with van der Waals surface area (Å²) in [6.07, 6.45) is -0.469. The summed E-state index contributed by atoms with van der Waals surface area (Å²) < 4.78 is 4.36. The monoisotopic (exact) mass is 281 g/mol. The van der Waals surface area contributed by atoms with Gasteiger partial charge < -0.3 is 26.2 Å². The fourth-order valence-corrected chi connectivity index (χ4v) is 1.38. The SMILES string of the molecule is COC(=O)C[C@H](NC(=O)Nc1ccccc1N)C(=O)O. The van der Waals surface area contributed by atoms with Crippen molar-refractivity contribution in [2.24, 2.45) is 0 Å². The van der Waals surface area contributed by atoms with Gasteiger partial charge in [-0.2, -0.15) is 0 Å². The molecule has 0 saturated carbocycles. The van der Waals surface area contributed by atoms with Gasteiger partial charge in [0.1, 0.15) is 6.04 Å². The number of amides is 2. The van der Waals surface area contributed by atoms with Crippen molar-refractivity contribution in [1.29, 1.82) is 0 Å². The van der Waals surface area contributed by atoms with Crippen LogP contribution in [-0.2, 0) is 14.3 Å². The number of esters is 1. The van der Waals surface area contributed by atoms with Crippen molar-refractivity contribution in [3.05, 3.63) is 24.3 Å². The van der Waals surface area contributed by atoms with E-state index >= 15 is 0 Å². The van der Waals surface area contributed by atoms with Crippen LogP contribution in [0.25, 0.3) is 0 Å². The summed E-state index contributed by atoms with van der Waals surface area (Å²) in [5, 5.41) is 13.5. The van der Waals surface area contributed by atoms with Crippen LogP contribution in [0.5, 0.6) is 0 Å². The van der Waals surface area contributed by atoms with Crippen LogP contribution >= 0.6 is 0 Å². The van der Waals surface area contributed by atoms with E-state index in [1.807, 2.05) is 0 Å². The number of para-hydroxylation sites is 2. The number of nitrogens with one attached hydrogen (secondary N) is 2. The second kappa shape index (κ2) is 6.98. The standard InChI is InChI=1S/C12H15N3O5/c1-20-10(16)6-9(11(17)18)15-12(19)14-8-5-3-2-4-7(8)13/h2-5,9H,6,13H2,1H3,(H,17,18)(H2,14,15,19)/t9-/m0/s1. The molecule has 0 saturated heterocycles. The van der Waals surface area contributed by atoms with Crippen molar-refractivity contribution < 1.29 is 24.2 Å². The number of nitrogens with two attached hydrogens (primary N) is 1. The summed E-state index contributed by atoms with van der Waals surface area (Å²) >= 11 is 0. The van der Waals surface area contributed by atoms with Crippen LogP contribution in [0.1, 0.15) is 6.42 Å². The molecule has 0 fully saturated rings. The molecule has 0 unspecified atom stereocenters. The molecule has 5 N–H and O–H groups in total. The van der Waals surface area contributed by atoms with E-state index in [0.717, 1.165) is 7.11 Å². The number of hydrogen-bond donors (Lipinski definition) is 4. The van der Waals surface area contributed by atoms with Gasteiger partial charge in [0.05, 0.1) is 24.9 Å². The lowest BCUT2D eigenvalue weighted by molar-refractivity contribution is -0.147. The number of carbonyl (C=O) groups excluding carboxylic acids is 2. The summed E-state index contributed by atoms with van der Waals surface area (Å²) in [7, 11) is 1.13. The van der Waals surface area contributed by atoms with Crippen molar-refractivity contribution in [1.82, 2.24) is 5.32 Å². The first-order valence-corrected chi connectivity index (χ1v) is 5.65. The molecule has 1 aromatic rings. The number of ether oxygens (including phenoxy) is 1. The van der Waals surface area contributed by atoms with E-state index in [9.17, 15) is 14.4 Å². The van der Waals surface area contributed by atoms with E-state index < -0.39 is 30.4 Å². The first-order chi connectivity index (χ1) is 9.43. The van der Waals surface area contributed by atoms with Gasteiger partial charge in [-0.3, -0.25) is 4.79 Å². The second-order valence-corrected chi connectivity index (χ2v) is 3.86. The summed E-state index contributed by atoms with van der Waals surface area (Å²) in [5.74, 6) is -2.08. The van der Waals surface area contributed by atoms with E-state index in [4.69, 9.17) is 10.8 Å². The van der Waals surface area contributed by atoms with Crippen molar-refractivity contribution in [2.75, 3.05) is 18.2 Å². The van der Waals surface area contributed by atoms with Gasteiger partial charge >= 0.3 is 18.0 Å². The Morgan fingerprint density at radius 3 is 2.55 bits per heavy atom. The van der Waals surface area contributed by atoms with Crippen LogP contribution in [0, 0.1) is 0 Å². The number of carbonyl (C=O) groups is 3. The van der Waals surface area contributed by atoms with Gasteiger partial charge in [-0.15, -0.1) is 0 Å². The topological polar surface area (TPSA) is 131 Å². The predicted molar refractivity (Wildman–Crippen MR) is 71.1 cm³/mol. The molecule has 8 heteroatoms. The minimum Gasteiger partial charge on any atom is -0.480 e. The molecule has 0 radical (unpaired) electrons. The maximum Gasteiger partial charge on any atom is 0.326 e. The Morgan fingerprint density at radius 1 is 1.35 bits per heavy atom. The third-order valence-electron chi connectivity index (χ3n) is 2.41. The molecule has 0 heterocycles. The van der Waals surface area contributed by atoms with Gasteiger partial charge in [0.2, 0.25) is 0 Å². The van der Waals surface area contributed by atoms with Crippen LogP contribution in [0.3, 0.4) is 0 Å². The maximum atomic E-state index is 11.7. The number of benzene rings is 1. The molecule has 0 aliphatic carbocycles. The Hall–Kier alpha value is -2.77. The van der Waals surface area contributed by atoms with Crippen LogP contribution in [0.2, 0.25) is 0 Å². The van der Waals surface area contributed by atoms with E-state index in [1.165, 1.54) is 0 Å². The smallest absolute Gasteiger partial charge is 0.326 e. The number of carboxylic acid groups (broad SMARTS) is 1. The largest absolute Gasteiger partial charge is 0.480 e. The van der Waals surface area contributed by atoms with Crippen molar-refractivity contribution in [3.8, 4) is 0 Å². The minimum absolute atomic E-state index is 0.336. The number of carboxylic acids is 1. The van der Waals surface area contributed by atoms with Crippen molar-refractivity contribution >= 4 is 29.3 Å². The van der Waals surface area contributed by atoms with Gasteiger partial charge in [0.25, 0.3) is 0 Å². The molecule has 8 nitrogen and oxygen atoms in total. The highest BCUT2D eigenvalue weighted by Crippen LogP contribution is 2.16. The molecule has 0 spiro atoms. The average molecular weight is 281 g/mol. The molecule has 1 aromatic carbocycles. The zero-order chi connectivity index (χ0) is 15.1. The fourth-order valence-electron chi connectivity index (χ4n) is 1.38. The zero-order valence-electron chi connectivity index (χ0n) is 10.8. The Kier molecular flexibility index (Phi) is 5.33. The number of anilines is 2. The molecule has 108 valence electrons. The lowest BCUT2D eigenvalue weighted by atomic mass is 10.2. The summed E-state index contributed by atoms with van der Waals surface area (Å²) in [6.45, 7) is 0. The van der Waals surface area contributed by atoms with Gasteiger partial charge in [-0.25, -0.2) is 9.59 Å². The third kappa shape index (κ3) is 4.48. The number of hydrogen-bond acceptors (Lipinski definition) is 5. The quantitative estimate of drug-likeness (QED) is 0.456. The predicted octanol–water partition coefficient (Wildman–Crippen LogP) is 0.407. The summed E-state index contributed by atoms with van der Waals surface area (Å²) in [5.41, 5.74) is 6.30. The van der Waals surface area contributed by atoms with Crippen molar-refractivity contribution in [3.63, 3.8) is 0 Å². The third-order valence-corrected chi connectivity index (χ3v) is 2.41. The van der Waals surface area contributed by atoms with E-state index in [1.54, 1.807) is 24.3 Å². The number of methoxy groups -OCH3 is 1. The van der Waals surface area contributed by atoms with E-state index in [2.05, 4.69) is 15.4 Å². The number of nitrogen functional groups attached to an aromatic ring is 1. The Morgan fingerprint density at radius 2 is 2.00 bits per heavy atom. The lowest BCUT2D eigenvalue weighted by Crippen LogP contribution is -2.44. The second-order valence-electron chi connectivity index (χ2n) is 3.86. The highest BCUT2D eigenvalue weighted by molar-refractivity contribution is 5.95. The van der Waals surface area contributed by atoms with Crippen LogP contribution < -0.4 is 16.4 Å². The molecule has 0 aliphatic rings. The zero-order valence-corrected chi connectivity index (χ0v) is 10.8. The maximum absolute atomic E-state index is 11.7. The van der Waals surface area contributed by atoms with Crippen LogP contribution in [-0.4, -0.2) is 36.2 Å². The average Bonchev–Trinajstić information content (AvgIpc) is 2.40. The lowest BCUT2D eigenvalue weighted by Gasteiger charge is -2.14. The molecule has 1 atom stereocenters. The highest BCUT2D eigenvalue weighted by atomic mass is 16.5. The van der Waals surface area contributed by atoms with Crippen LogP contribution in [0.15, 0.2) is 24.3 Å². The summed E-state index contributed by atoms with van der Waals surface area (Å²) in [6, 6.07) is 4.33. The van der Waals surface area contributed by atoms with Gasteiger partial charge in [-0.05, 0) is 12.1 Å². The highest BCUT2D eigenvalue weighted by Gasteiger charge is 2.23. The molecule has 2 amide bonds. The van der Waals surface area contributed by atoms with Crippen molar-refractivity contribution in [2.45, 2.75) is 12.5 Å². The molecule has 0 aliphatic heterocycles. The molecular formula is C12H15N3O5. The Balaban J connectivity index is 2.65. The van der Waals surface area contributed by atoms with Gasteiger partial charge in [-0.1, -0.05) is 12.1 Å². The fraction of sp³-hybridized carbons (Fsp3) is 0.250. The Bertz CT molecular complexity index is 518. The number of urea groups is 1. The van der Waals surface area contributed by atoms with E-state index in [0.29, 0.717) is 11.4 Å². The van der Waals surface area contributed by atoms with E-state index in [-0.39, 0.29) is 0 Å². The first kappa shape index (κ1) is 15.3. The molecule has 20 heavy (non-hydrogen) atoms. The van der Waals surface area contributed by atoms with Crippen LogP contribution in [0.4, 0.5) is 16.2 Å². The number of rotatable bonds is 5. The van der Waals surface area contributed by atoms with Gasteiger partial charge in [0.15, 0.2) is 0 Å². The molecule has 0 aromatic heterocycles. The minimum atomic E-state index is -1.38. The Labute approximate surface area is 114 Å². The van der Waals surface area contributed by atoms with Gasteiger partial charge in [0, 0.05) is 0 Å². The molecular weight excluding hydrogens is 266 g/mol. The summed E-state index contributed by atoms with van der Waals surface area (Å²) in [4.78, 5) is 33.6. The number of aliphatic carboxylic acids is 1. The normalized spacial score (nSPS) is 11.2. The first-order valence-electron chi connectivity index (χ1n) is 5.65.